The maximum absolute atomic E-state index is 11.9. The largest absolute Gasteiger partial charge is 0.381 e. The summed E-state index contributed by atoms with van der Waals surface area (Å²) in [6, 6.07) is 18.5. The lowest BCUT2D eigenvalue weighted by molar-refractivity contribution is -0.125. The summed E-state index contributed by atoms with van der Waals surface area (Å²) in [7, 11) is 1.69. The number of ether oxygens (including phenoxy) is 1. The van der Waals surface area contributed by atoms with Crippen LogP contribution in [-0.2, 0) is 9.53 Å². The number of carbonyl (C=O) groups excluding carboxylic acids is 1. The van der Waals surface area contributed by atoms with Crippen LogP contribution in [0.15, 0.2) is 60.7 Å². The highest BCUT2D eigenvalue weighted by Crippen LogP contribution is 2.38. The van der Waals surface area contributed by atoms with Crippen LogP contribution < -0.4 is 0 Å². The molecule has 0 spiro atoms. The van der Waals surface area contributed by atoms with Crippen LogP contribution in [0.5, 0.6) is 0 Å². The molecular formula is C20H20O2. The van der Waals surface area contributed by atoms with Gasteiger partial charge >= 0.3 is 0 Å². The van der Waals surface area contributed by atoms with Gasteiger partial charge in [-0.05, 0) is 28.7 Å². The molecule has 1 atom stereocenters. The highest BCUT2D eigenvalue weighted by Gasteiger charge is 2.31. The number of hydrogen-bond acceptors (Lipinski definition) is 2. The second-order valence-corrected chi connectivity index (χ2v) is 5.58. The average Bonchev–Trinajstić information content (AvgIpc) is 2.56. The SMILES string of the molecule is COC/C=C(/c1ccccc1)c1ccccc1C1CCC1=O. The molecule has 1 unspecified atom stereocenters. The molecule has 3 rings (SSSR count). The van der Waals surface area contributed by atoms with Gasteiger partial charge in [0.1, 0.15) is 5.78 Å². The van der Waals surface area contributed by atoms with Gasteiger partial charge in [-0.25, -0.2) is 0 Å². The molecule has 0 heterocycles. The van der Waals surface area contributed by atoms with E-state index < -0.39 is 0 Å². The lowest BCUT2D eigenvalue weighted by Gasteiger charge is -2.27. The van der Waals surface area contributed by atoms with Gasteiger partial charge in [0.15, 0.2) is 0 Å². The molecule has 0 radical (unpaired) electrons. The maximum Gasteiger partial charge on any atom is 0.140 e. The number of carbonyl (C=O) groups is 1. The van der Waals surface area contributed by atoms with Crippen molar-refractivity contribution in [3.05, 3.63) is 77.4 Å². The van der Waals surface area contributed by atoms with E-state index in [-0.39, 0.29) is 5.92 Å². The zero-order valence-corrected chi connectivity index (χ0v) is 12.8. The van der Waals surface area contributed by atoms with Gasteiger partial charge in [-0.3, -0.25) is 4.79 Å². The Hall–Kier alpha value is -2.19. The van der Waals surface area contributed by atoms with Crippen LogP contribution in [0.2, 0.25) is 0 Å². The van der Waals surface area contributed by atoms with E-state index in [1.165, 1.54) is 0 Å². The first-order chi connectivity index (χ1) is 10.8. The highest BCUT2D eigenvalue weighted by molar-refractivity contribution is 5.93. The van der Waals surface area contributed by atoms with E-state index in [4.69, 9.17) is 4.74 Å². The van der Waals surface area contributed by atoms with Gasteiger partial charge in [0, 0.05) is 19.4 Å². The normalized spacial score (nSPS) is 18.1. The minimum Gasteiger partial charge on any atom is -0.381 e. The quantitative estimate of drug-likeness (QED) is 0.825. The molecule has 1 fully saturated rings. The van der Waals surface area contributed by atoms with Crippen LogP contribution in [-0.4, -0.2) is 19.5 Å². The molecular weight excluding hydrogens is 272 g/mol. The molecule has 2 nitrogen and oxygen atoms in total. The lowest BCUT2D eigenvalue weighted by atomic mass is 9.75. The number of ketones is 1. The summed E-state index contributed by atoms with van der Waals surface area (Å²) in [6.45, 7) is 0.553. The molecule has 22 heavy (non-hydrogen) atoms. The summed E-state index contributed by atoms with van der Waals surface area (Å²) in [6.07, 6.45) is 3.76. The molecule has 2 aromatic carbocycles. The van der Waals surface area contributed by atoms with E-state index in [2.05, 4.69) is 30.3 Å². The third kappa shape index (κ3) is 2.88. The summed E-state index contributed by atoms with van der Waals surface area (Å²) in [5.74, 6) is 0.414. The van der Waals surface area contributed by atoms with Crippen LogP contribution >= 0.6 is 0 Å². The van der Waals surface area contributed by atoms with Crippen LogP contribution in [0.4, 0.5) is 0 Å². The molecule has 1 aliphatic carbocycles. The van der Waals surface area contributed by atoms with Crippen molar-refractivity contribution in [2.24, 2.45) is 0 Å². The fourth-order valence-corrected chi connectivity index (χ4v) is 2.95. The summed E-state index contributed by atoms with van der Waals surface area (Å²) in [5.41, 5.74) is 4.57. The molecule has 1 saturated carbocycles. The van der Waals surface area contributed by atoms with Gasteiger partial charge in [-0.2, -0.15) is 0 Å². The van der Waals surface area contributed by atoms with Gasteiger partial charge in [-0.1, -0.05) is 60.7 Å². The third-order valence-electron chi connectivity index (χ3n) is 4.23. The molecule has 2 heteroatoms. The maximum atomic E-state index is 11.9. The van der Waals surface area contributed by atoms with Crippen molar-refractivity contribution >= 4 is 11.4 Å². The number of benzene rings is 2. The van der Waals surface area contributed by atoms with Crippen molar-refractivity contribution in [2.45, 2.75) is 18.8 Å². The van der Waals surface area contributed by atoms with Crippen molar-refractivity contribution < 1.29 is 9.53 Å². The third-order valence-corrected chi connectivity index (χ3v) is 4.23. The van der Waals surface area contributed by atoms with Crippen LogP contribution in [0.3, 0.4) is 0 Å². The minimum absolute atomic E-state index is 0.0610. The summed E-state index contributed by atoms with van der Waals surface area (Å²) in [4.78, 5) is 11.9. The Labute approximate surface area is 131 Å². The van der Waals surface area contributed by atoms with E-state index >= 15 is 0 Å². The first kappa shape index (κ1) is 14.7. The second kappa shape index (κ2) is 6.71. The first-order valence-corrected chi connectivity index (χ1v) is 7.68. The van der Waals surface area contributed by atoms with E-state index in [0.29, 0.717) is 18.8 Å². The van der Waals surface area contributed by atoms with Crippen molar-refractivity contribution in [1.29, 1.82) is 0 Å². The van der Waals surface area contributed by atoms with Crippen molar-refractivity contribution in [1.82, 2.24) is 0 Å². The molecule has 2 aromatic rings. The standard InChI is InChI=1S/C20H20O2/c1-22-14-13-16(15-7-3-2-4-8-15)17-9-5-6-10-18(17)19-11-12-20(19)21/h2-10,13,19H,11-12,14H2,1H3/b16-13-. The molecule has 1 aliphatic rings. The highest BCUT2D eigenvalue weighted by atomic mass is 16.5. The fraction of sp³-hybridized carbons (Fsp3) is 0.250. The second-order valence-electron chi connectivity index (χ2n) is 5.58. The monoisotopic (exact) mass is 292 g/mol. The van der Waals surface area contributed by atoms with E-state index in [9.17, 15) is 4.79 Å². The number of Topliss-reactive ketones (excluding diaryl/α,β-unsaturated/α-hetero) is 1. The molecule has 0 saturated heterocycles. The summed E-state index contributed by atoms with van der Waals surface area (Å²) < 4.78 is 5.23. The van der Waals surface area contributed by atoms with Crippen LogP contribution in [0, 0.1) is 0 Å². The van der Waals surface area contributed by atoms with Crippen molar-refractivity contribution in [3.63, 3.8) is 0 Å². The zero-order chi connectivity index (χ0) is 15.4. The minimum atomic E-state index is 0.0610. The predicted octanol–water partition coefficient (Wildman–Crippen LogP) is 4.21. The molecule has 0 aromatic heterocycles. The van der Waals surface area contributed by atoms with Gasteiger partial charge in [-0.15, -0.1) is 0 Å². The van der Waals surface area contributed by atoms with Crippen LogP contribution in [0.1, 0.15) is 35.4 Å². The van der Waals surface area contributed by atoms with Crippen molar-refractivity contribution in [3.8, 4) is 0 Å². The Morgan fingerprint density at radius 3 is 2.50 bits per heavy atom. The van der Waals surface area contributed by atoms with Crippen LogP contribution in [0.25, 0.3) is 5.57 Å². The summed E-state index contributed by atoms with van der Waals surface area (Å²) >= 11 is 0. The number of rotatable bonds is 5. The molecule has 0 aliphatic heterocycles. The van der Waals surface area contributed by atoms with E-state index in [1.54, 1.807) is 7.11 Å². The van der Waals surface area contributed by atoms with Gasteiger partial charge < -0.3 is 4.74 Å². The number of hydrogen-bond donors (Lipinski definition) is 0. The smallest absolute Gasteiger partial charge is 0.140 e. The Bertz CT molecular complexity index is 686. The molecule has 0 amide bonds. The van der Waals surface area contributed by atoms with Gasteiger partial charge in [0.05, 0.1) is 6.61 Å². The van der Waals surface area contributed by atoms with Gasteiger partial charge in [0.2, 0.25) is 0 Å². The van der Waals surface area contributed by atoms with Crippen molar-refractivity contribution in [2.75, 3.05) is 13.7 Å². The lowest BCUT2D eigenvalue weighted by Crippen LogP contribution is -2.24. The Morgan fingerprint density at radius 2 is 1.86 bits per heavy atom. The van der Waals surface area contributed by atoms with E-state index in [1.807, 2.05) is 30.3 Å². The van der Waals surface area contributed by atoms with E-state index in [0.717, 1.165) is 28.7 Å². The predicted molar refractivity (Wildman–Crippen MR) is 88.8 cm³/mol. The molecule has 0 N–H and O–H groups in total. The first-order valence-electron chi connectivity index (χ1n) is 7.68. The average molecular weight is 292 g/mol. The summed E-state index contributed by atoms with van der Waals surface area (Å²) in [5, 5.41) is 0. The molecule has 112 valence electrons. The Morgan fingerprint density at radius 1 is 1.14 bits per heavy atom. The Balaban J connectivity index is 2.07. The topological polar surface area (TPSA) is 26.3 Å². The fourth-order valence-electron chi connectivity index (χ4n) is 2.95. The zero-order valence-electron chi connectivity index (χ0n) is 12.8. The number of methoxy groups -OCH3 is 1. The Kier molecular flexibility index (Phi) is 4.50. The molecule has 0 bridgehead atoms. The van der Waals surface area contributed by atoms with Gasteiger partial charge in [0.25, 0.3) is 0 Å².